The molecule has 0 aromatic rings. The maximum Gasteiger partial charge on any atom is 0.472 e. The van der Waals surface area contributed by atoms with Crippen molar-refractivity contribution in [3.63, 3.8) is 0 Å². The lowest BCUT2D eigenvalue weighted by molar-refractivity contribution is -0.161. The molecule has 0 aliphatic carbocycles. The van der Waals surface area contributed by atoms with E-state index in [1.165, 1.54) is 122 Å². The quantitative estimate of drug-likeness (QED) is 0.0146. The van der Waals surface area contributed by atoms with E-state index in [1.807, 2.05) is 12.2 Å². The van der Waals surface area contributed by atoms with Crippen LogP contribution >= 0.6 is 15.6 Å². The summed E-state index contributed by atoms with van der Waals surface area (Å²) >= 11 is 0. The molecule has 0 saturated heterocycles. The number of carbonyl (C=O) groups is 3. The second-order valence-corrected chi connectivity index (χ2v) is 30.8. The van der Waals surface area contributed by atoms with Crippen LogP contribution in [-0.2, 0) is 55.8 Å². The van der Waals surface area contributed by atoms with Crippen molar-refractivity contribution in [1.82, 2.24) is 0 Å². The Hall–Kier alpha value is -5.09. The third kappa shape index (κ3) is 83.7. The molecule has 5 atom stereocenters. The van der Waals surface area contributed by atoms with Gasteiger partial charge in [0.2, 0.25) is 0 Å². The second-order valence-electron chi connectivity index (χ2n) is 27.9. The van der Waals surface area contributed by atoms with E-state index in [-0.39, 0.29) is 19.3 Å². The number of rotatable bonds is 79. The summed E-state index contributed by atoms with van der Waals surface area (Å²) in [6, 6.07) is 0. The number of allylic oxidation sites excluding steroid dienone is 28. The van der Waals surface area contributed by atoms with Gasteiger partial charge in [-0.2, -0.15) is 0 Å². The van der Waals surface area contributed by atoms with Crippen molar-refractivity contribution in [2.45, 2.75) is 347 Å². The van der Waals surface area contributed by atoms with Crippen LogP contribution in [0.2, 0.25) is 0 Å². The first-order valence-corrected chi connectivity index (χ1v) is 45.4. The van der Waals surface area contributed by atoms with E-state index in [0.717, 1.165) is 141 Å². The van der Waals surface area contributed by atoms with Gasteiger partial charge in [-0.3, -0.25) is 32.5 Å². The highest BCUT2D eigenvalue weighted by atomic mass is 31.2. The molecule has 0 rings (SSSR count). The second kappa shape index (κ2) is 82.4. The highest BCUT2D eigenvalue weighted by Gasteiger charge is 2.29. The zero-order valence-corrected chi connectivity index (χ0v) is 70.0. The van der Waals surface area contributed by atoms with E-state index in [1.54, 1.807) is 0 Å². The summed E-state index contributed by atoms with van der Waals surface area (Å²) in [6.07, 6.45) is 106. The molecule has 0 radical (unpaired) electrons. The molecule has 0 aliphatic rings. The Morgan fingerprint density at radius 2 is 0.495 bits per heavy atom. The lowest BCUT2D eigenvalue weighted by atomic mass is 10.0. The first kappa shape index (κ1) is 104. The molecule has 0 aromatic heterocycles. The minimum Gasteiger partial charge on any atom is -0.463 e. The zero-order valence-electron chi connectivity index (χ0n) is 68.2. The highest BCUT2D eigenvalue weighted by Crippen LogP contribution is 2.45. The number of aliphatic hydroxyl groups excluding tert-OH is 2. The maximum absolute atomic E-state index is 13.0. The van der Waals surface area contributed by atoms with Crippen LogP contribution in [-0.4, -0.2) is 95.9 Å². The average Bonchev–Trinajstić information content (AvgIpc) is 0.912. The number of unbranched alkanes of at least 4 members (excludes halogenated alkanes) is 28. The number of ether oxygens (including phenoxy) is 3. The number of aliphatic hydroxyl groups is 2. The van der Waals surface area contributed by atoms with Crippen molar-refractivity contribution in [3.05, 3.63) is 170 Å². The molecule has 109 heavy (non-hydrogen) atoms. The topological polar surface area (TPSA) is 231 Å². The van der Waals surface area contributed by atoms with Gasteiger partial charge >= 0.3 is 33.6 Å². The monoisotopic (exact) mass is 1560 g/mol. The van der Waals surface area contributed by atoms with E-state index >= 15 is 0 Å². The molecular weight excluding hydrogens is 1410 g/mol. The van der Waals surface area contributed by atoms with Crippen LogP contribution in [0.1, 0.15) is 329 Å². The summed E-state index contributed by atoms with van der Waals surface area (Å²) in [5.41, 5.74) is 0. The molecule has 622 valence electrons. The molecule has 18 heteroatoms. The first-order chi connectivity index (χ1) is 53.2. The Morgan fingerprint density at radius 1 is 0.266 bits per heavy atom. The zero-order chi connectivity index (χ0) is 79.4. The van der Waals surface area contributed by atoms with E-state index in [2.05, 4.69) is 179 Å². The fraction of sp³-hybridized carbons (Fsp3) is 0.659. The normalized spacial score (nSPS) is 14.7. The van der Waals surface area contributed by atoms with Crippen LogP contribution in [0, 0.1) is 0 Å². The Bertz CT molecular complexity index is 2660. The van der Waals surface area contributed by atoms with E-state index in [9.17, 15) is 43.5 Å². The average molecular weight is 1560 g/mol. The molecule has 0 saturated carbocycles. The predicted molar refractivity (Wildman–Crippen MR) is 454 cm³/mol. The molecule has 4 N–H and O–H groups in total. The number of phosphoric acid groups is 2. The Balaban J connectivity index is 4.50. The fourth-order valence-corrected chi connectivity index (χ4v) is 12.6. The van der Waals surface area contributed by atoms with Crippen molar-refractivity contribution in [3.8, 4) is 0 Å². The van der Waals surface area contributed by atoms with Crippen LogP contribution in [0.5, 0.6) is 0 Å². The molecule has 0 amide bonds. The number of hydrogen-bond donors (Lipinski definition) is 4. The number of esters is 3. The van der Waals surface area contributed by atoms with Gasteiger partial charge in [-0.1, -0.05) is 332 Å². The third-order valence-electron chi connectivity index (χ3n) is 17.4. The predicted octanol–water partition coefficient (Wildman–Crippen LogP) is 25.5. The van der Waals surface area contributed by atoms with Crippen molar-refractivity contribution < 1.29 is 75.8 Å². The highest BCUT2D eigenvalue weighted by molar-refractivity contribution is 7.47. The number of phosphoric ester groups is 2. The van der Waals surface area contributed by atoms with Gasteiger partial charge in [0.05, 0.1) is 26.4 Å². The molecule has 0 heterocycles. The Labute approximate surface area is 662 Å². The molecule has 5 unspecified atom stereocenters. The van der Waals surface area contributed by atoms with Gasteiger partial charge in [0.15, 0.2) is 6.10 Å². The standard InChI is InChI=1S/C91H152O16P2/c1-4-7-10-13-16-19-22-25-28-31-33-35-36-37-38-39-40-41-42-43-44-45-46-47-48-50-52-54-56-59-62-65-68-71-74-77-89(94)101-80-86(92)81-103-108(97,98)104-82-87(93)83-105-109(99,100)106-85-88(107-91(96)79-76-73-70-67-64-61-58-53-30-27-24-21-18-15-12-9-6-3)84-102-90(95)78-75-72-69-66-63-60-57-55-51-49-34-32-29-26-23-20-17-14-11-8-5-2/h7,9-10,12,16-21,25-30,33-35,37-38,49,55,57-58,61,67,70,86-88,92-93H,4-6,8,11,13-15,22-24,31-32,36,39-48,50-54,56,59-60,62-66,68-69,71-85H2,1-3H3,(H,97,98)(H,99,100)/b10-7-,12-9-,19-16-,20-17-,21-18-,28-25-,29-26-,30-27-,35-33-,38-37-,49-34-,57-55-,61-58-,70-67-. The van der Waals surface area contributed by atoms with E-state index < -0.39 is 91.5 Å². The summed E-state index contributed by atoms with van der Waals surface area (Å²) < 4.78 is 61.2. The van der Waals surface area contributed by atoms with Gasteiger partial charge in [0.1, 0.15) is 25.4 Å². The number of carbonyl (C=O) groups excluding carboxylic acids is 3. The van der Waals surface area contributed by atoms with Gasteiger partial charge in [-0.15, -0.1) is 0 Å². The van der Waals surface area contributed by atoms with Gasteiger partial charge in [-0.25, -0.2) is 9.13 Å². The lowest BCUT2D eigenvalue weighted by Gasteiger charge is -2.21. The van der Waals surface area contributed by atoms with Crippen LogP contribution in [0.4, 0.5) is 0 Å². The van der Waals surface area contributed by atoms with E-state index in [4.69, 9.17) is 32.3 Å². The summed E-state index contributed by atoms with van der Waals surface area (Å²) in [5.74, 6) is -1.67. The first-order valence-electron chi connectivity index (χ1n) is 42.4. The molecule has 0 spiro atoms. The molecule has 0 bridgehead atoms. The smallest absolute Gasteiger partial charge is 0.463 e. The minimum atomic E-state index is -4.96. The Kier molecular flexibility index (Phi) is 78.5. The van der Waals surface area contributed by atoms with E-state index in [0.29, 0.717) is 25.7 Å². The minimum absolute atomic E-state index is 0.0169. The van der Waals surface area contributed by atoms with Gasteiger partial charge in [-0.05, 0) is 148 Å². The molecule has 0 aliphatic heterocycles. The van der Waals surface area contributed by atoms with Crippen LogP contribution in [0.3, 0.4) is 0 Å². The summed E-state index contributed by atoms with van der Waals surface area (Å²) in [4.78, 5) is 58.7. The van der Waals surface area contributed by atoms with Gasteiger partial charge in [0.25, 0.3) is 0 Å². The number of hydrogen-bond acceptors (Lipinski definition) is 14. The maximum atomic E-state index is 13.0. The van der Waals surface area contributed by atoms with Crippen LogP contribution in [0.25, 0.3) is 0 Å². The van der Waals surface area contributed by atoms with Crippen molar-refractivity contribution >= 4 is 33.6 Å². The van der Waals surface area contributed by atoms with Crippen molar-refractivity contribution in [1.29, 1.82) is 0 Å². The van der Waals surface area contributed by atoms with Gasteiger partial charge < -0.3 is 34.2 Å². The van der Waals surface area contributed by atoms with Crippen molar-refractivity contribution in [2.24, 2.45) is 0 Å². The van der Waals surface area contributed by atoms with Crippen LogP contribution < -0.4 is 0 Å². The molecule has 0 fully saturated rings. The van der Waals surface area contributed by atoms with Gasteiger partial charge in [0, 0.05) is 19.3 Å². The summed E-state index contributed by atoms with van der Waals surface area (Å²) in [6.45, 7) is 2.34. The lowest BCUT2D eigenvalue weighted by Crippen LogP contribution is -2.30. The largest absolute Gasteiger partial charge is 0.472 e. The third-order valence-corrected chi connectivity index (χ3v) is 19.3. The Morgan fingerprint density at radius 3 is 0.798 bits per heavy atom. The molecule has 0 aromatic carbocycles. The van der Waals surface area contributed by atoms with Crippen LogP contribution in [0.15, 0.2) is 170 Å². The molecular formula is C91H152O16P2. The SMILES string of the molecule is CC/C=C\C/C=C\C/C=C\C/C=C\C/C=C\CCCCCCCCCCCCCCCCCCCCCC(=O)OCC(O)COP(=O)(O)OCC(O)COP(=O)(O)OCC(COC(=O)CCCCCCC/C=C\C/C=C\C/C=C\C/C=C\CCCCC)OC(=O)CCC/C=C\C/C=C\C/C=C\C/C=C\C/C=C\CC. The summed E-state index contributed by atoms with van der Waals surface area (Å²) in [7, 11) is -9.83. The molecule has 16 nitrogen and oxygen atoms in total. The summed E-state index contributed by atoms with van der Waals surface area (Å²) in [5, 5.41) is 20.7. The van der Waals surface area contributed by atoms with Crippen molar-refractivity contribution in [2.75, 3.05) is 39.6 Å². The fourth-order valence-electron chi connectivity index (χ4n) is 11.0.